The number of hydrogen-bond acceptors (Lipinski definition) is 4. The van der Waals surface area contributed by atoms with Crippen molar-refractivity contribution in [2.75, 3.05) is 17.6 Å². The van der Waals surface area contributed by atoms with E-state index in [1.165, 1.54) is 50.8 Å². The summed E-state index contributed by atoms with van der Waals surface area (Å²) in [6.07, 6.45) is 6.25. The molecule has 0 spiro atoms. The molecule has 2 rings (SSSR count). The minimum absolute atomic E-state index is 0.0786. The summed E-state index contributed by atoms with van der Waals surface area (Å²) in [5, 5.41) is 6.32. The van der Waals surface area contributed by atoms with Gasteiger partial charge in [0.1, 0.15) is 11.5 Å². The molecular weight excluding hydrogens is 302 g/mol. The predicted molar refractivity (Wildman–Crippen MR) is 92.1 cm³/mol. The molecule has 1 aromatic rings. The van der Waals surface area contributed by atoms with Gasteiger partial charge in [-0.25, -0.2) is 4.79 Å². The lowest BCUT2D eigenvalue weighted by molar-refractivity contribution is 0.357. The van der Waals surface area contributed by atoms with Crippen molar-refractivity contribution in [1.82, 2.24) is 14.5 Å². The van der Waals surface area contributed by atoms with Crippen molar-refractivity contribution in [3.63, 3.8) is 0 Å². The van der Waals surface area contributed by atoms with Crippen molar-refractivity contribution in [2.45, 2.75) is 32.1 Å². The molecule has 1 aliphatic carbocycles. The SMILES string of the molecule is Cn1c(N)c(NC(=S)NCC2CCCCC2)c(=O)n(C)c1=O. The highest BCUT2D eigenvalue weighted by molar-refractivity contribution is 7.80. The van der Waals surface area contributed by atoms with Crippen LogP contribution in [0.1, 0.15) is 32.1 Å². The van der Waals surface area contributed by atoms with E-state index in [0.29, 0.717) is 11.0 Å². The van der Waals surface area contributed by atoms with Gasteiger partial charge in [-0.15, -0.1) is 0 Å². The van der Waals surface area contributed by atoms with Crippen molar-refractivity contribution < 1.29 is 0 Å². The summed E-state index contributed by atoms with van der Waals surface area (Å²) in [5.74, 6) is 0.698. The molecule has 0 amide bonds. The molecular formula is C14H23N5O2S. The Kier molecular flexibility index (Phi) is 5.23. The van der Waals surface area contributed by atoms with Crippen LogP contribution in [0.2, 0.25) is 0 Å². The molecule has 0 aromatic carbocycles. The Labute approximate surface area is 134 Å². The normalized spacial score (nSPS) is 15.5. The van der Waals surface area contributed by atoms with E-state index in [1.54, 1.807) is 0 Å². The maximum absolute atomic E-state index is 12.1. The molecule has 0 radical (unpaired) electrons. The third kappa shape index (κ3) is 3.49. The first-order chi connectivity index (χ1) is 10.4. The van der Waals surface area contributed by atoms with Crippen molar-refractivity contribution in [1.29, 1.82) is 0 Å². The molecule has 0 unspecified atom stereocenters. The standard InChI is InChI=1S/C14H23N5O2S/c1-18-11(15)10(12(20)19(2)14(18)21)17-13(22)16-8-9-6-4-3-5-7-9/h9H,3-8,15H2,1-2H3,(H2,16,17,22). The van der Waals surface area contributed by atoms with Gasteiger partial charge in [-0.3, -0.25) is 13.9 Å². The van der Waals surface area contributed by atoms with Crippen LogP contribution in [0.15, 0.2) is 9.59 Å². The summed E-state index contributed by atoms with van der Waals surface area (Å²) in [7, 11) is 2.93. The Morgan fingerprint density at radius 3 is 2.50 bits per heavy atom. The van der Waals surface area contributed by atoms with Gasteiger partial charge < -0.3 is 16.4 Å². The molecule has 4 N–H and O–H groups in total. The molecule has 0 aliphatic heterocycles. The zero-order valence-electron chi connectivity index (χ0n) is 13.0. The summed E-state index contributed by atoms with van der Waals surface area (Å²) in [6.45, 7) is 0.790. The van der Waals surface area contributed by atoms with E-state index in [4.69, 9.17) is 18.0 Å². The van der Waals surface area contributed by atoms with Crippen molar-refractivity contribution >= 4 is 28.8 Å². The number of anilines is 2. The second kappa shape index (κ2) is 6.95. The summed E-state index contributed by atoms with van der Waals surface area (Å²) < 4.78 is 2.22. The smallest absolute Gasteiger partial charge is 0.332 e. The number of nitrogens with one attached hydrogen (secondary N) is 2. The van der Waals surface area contributed by atoms with E-state index in [9.17, 15) is 9.59 Å². The number of aromatic nitrogens is 2. The fraction of sp³-hybridized carbons (Fsp3) is 0.643. The van der Waals surface area contributed by atoms with Crippen molar-refractivity contribution in [3.8, 4) is 0 Å². The molecule has 1 aromatic heterocycles. The molecule has 8 heteroatoms. The van der Waals surface area contributed by atoms with Crippen LogP contribution >= 0.6 is 12.2 Å². The first kappa shape index (κ1) is 16.5. The summed E-state index contributed by atoms with van der Waals surface area (Å²) in [4.78, 5) is 23.9. The van der Waals surface area contributed by atoms with E-state index in [1.807, 2.05) is 0 Å². The lowest BCUT2D eigenvalue weighted by Crippen LogP contribution is -2.42. The van der Waals surface area contributed by atoms with E-state index in [-0.39, 0.29) is 11.5 Å². The van der Waals surface area contributed by atoms with Crippen LogP contribution in [0.3, 0.4) is 0 Å². The second-order valence-corrected chi connectivity index (χ2v) is 6.21. The maximum Gasteiger partial charge on any atom is 0.332 e. The van der Waals surface area contributed by atoms with Gasteiger partial charge in [0.25, 0.3) is 5.56 Å². The van der Waals surface area contributed by atoms with Gasteiger partial charge in [0, 0.05) is 20.6 Å². The Morgan fingerprint density at radius 2 is 1.86 bits per heavy atom. The maximum atomic E-state index is 12.1. The number of hydrogen-bond donors (Lipinski definition) is 3. The molecule has 122 valence electrons. The van der Waals surface area contributed by atoms with E-state index < -0.39 is 11.2 Å². The Hall–Kier alpha value is -1.83. The predicted octanol–water partition coefficient (Wildman–Crippen LogP) is 0.533. The molecule has 1 saturated carbocycles. The Morgan fingerprint density at radius 1 is 1.23 bits per heavy atom. The fourth-order valence-corrected chi connectivity index (χ4v) is 2.95. The number of nitrogens with zero attached hydrogens (tertiary/aromatic N) is 2. The van der Waals surface area contributed by atoms with Gasteiger partial charge >= 0.3 is 5.69 Å². The van der Waals surface area contributed by atoms with Gasteiger partial charge in [0.05, 0.1) is 0 Å². The second-order valence-electron chi connectivity index (χ2n) is 5.81. The van der Waals surface area contributed by atoms with Crippen LogP contribution in [0.5, 0.6) is 0 Å². The summed E-state index contributed by atoms with van der Waals surface area (Å²) >= 11 is 5.23. The highest BCUT2D eigenvalue weighted by Gasteiger charge is 2.16. The Balaban J connectivity index is 2.05. The van der Waals surface area contributed by atoms with Crippen LogP contribution in [-0.4, -0.2) is 20.8 Å². The number of thiocarbonyl (C=S) groups is 1. The lowest BCUT2D eigenvalue weighted by Gasteiger charge is -2.22. The van der Waals surface area contributed by atoms with Gasteiger partial charge in [0.15, 0.2) is 5.11 Å². The lowest BCUT2D eigenvalue weighted by atomic mass is 9.89. The van der Waals surface area contributed by atoms with Crippen LogP contribution in [-0.2, 0) is 14.1 Å². The van der Waals surface area contributed by atoms with E-state index >= 15 is 0 Å². The molecule has 1 fully saturated rings. The topological polar surface area (TPSA) is 94.1 Å². The van der Waals surface area contributed by atoms with Gasteiger partial charge in [-0.2, -0.15) is 0 Å². The molecule has 22 heavy (non-hydrogen) atoms. The third-order valence-electron chi connectivity index (χ3n) is 4.22. The average molecular weight is 325 g/mol. The minimum atomic E-state index is -0.484. The van der Waals surface area contributed by atoms with Crippen LogP contribution < -0.4 is 27.6 Å². The Bertz CT molecular complexity index is 673. The highest BCUT2D eigenvalue weighted by Crippen LogP contribution is 2.22. The molecule has 1 heterocycles. The average Bonchev–Trinajstić information content (AvgIpc) is 2.54. The molecule has 0 saturated heterocycles. The van der Waals surface area contributed by atoms with E-state index in [2.05, 4.69) is 10.6 Å². The van der Waals surface area contributed by atoms with Crippen LogP contribution in [0.25, 0.3) is 0 Å². The first-order valence-electron chi connectivity index (χ1n) is 7.52. The van der Waals surface area contributed by atoms with Gasteiger partial charge in [-0.1, -0.05) is 19.3 Å². The highest BCUT2D eigenvalue weighted by atomic mass is 32.1. The largest absolute Gasteiger partial charge is 0.383 e. The van der Waals surface area contributed by atoms with Gasteiger partial charge in [-0.05, 0) is 31.0 Å². The minimum Gasteiger partial charge on any atom is -0.383 e. The zero-order chi connectivity index (χ0) is 16.3. The number of rotatable bonds is 3. The van der Waals surface area contributed by atoms with E-state index in [0.717, 1.165) is 11.1 Å². The summed E-state index contributed by atoms with van der Waals surface area (Å²) in [6, 6.07) is 0. The van der Waals surface area contributed by atoms with Crippen LogP contribution in [0.4, 0.5) is 11.5 Å². The molecule has 0 atom stereocenters. The molecule has 1 aliphatic rings. The van der Waals surface area contributed by atoms with Crippen LogP contribution in [0, 0.1) is 5.92 Å². The summed E-state index contributed by atoms with van der Waals surface area (Å²) in [5.41, 5.74) is 5.02. The van der Waals surface area contributed by atoms with Crippen molar-refractivity contribution in [3.05, 3.63) is 20.8 Å². The molecule has 7 nitrogen and oxygen atoms in total. The fourth-order valence-electron chi connectivity index (χ4n) is 2.76. The number of nitrogen functional groups attached to an aromatic ring is 1. The monoisotopic (exact) mass is 325 g/mol. The van der Waals surface area contributed by atoms with Gasteiger partial charge in [0.2, 0.25) is 0 Å². The third-order valence-corrected chi connectivity index (χ3v) is 4.47. The first-order valence-corrected chi connectivity index (χ1v) is 7.93. The number of nitrogens with two attached hydrogens (primary N) is 1. The zero-order valence-corrected chi connectivity index (χ0v) is 13.8. The van der Waals surface area contributed by atoms with Crippen molar-refractivity contribution in [2.24, 2.45) is 20.0 Å². The quantitative estimate of drug-likeness (QED) is 0.702. The molecule has 0 bridgehead atoms.